The number of hydrogen-bond donors (Lipinski definition) is 1. The zero-order chi connectivity index (χ0) is 10.6. The van der Waals surface area contributed by atoms with Gasteiger partial charge in [-0.25, -0.2) is 0 Å². The summed E-state index contributed by atoms with van der Waals surface area (Å²) in [5.41, 5.74) is 0.409. The van der Waals surface area contributed by atoms with Gasteiger partial charge in [-0.1, -0.05) is 20.8 Å². The van der Waals surface area contributed by atoms with Crippen molar-refractivity contribution in [2.24, 2.45) is 11.3 Å². The smallest absolute Gasteiger partial charge is 0.0554 e. The van der Waals surface area contributed by atoms with E-state index in [1.165, 1.54) is 12.8 Å². The van der Waals surface area contributed by atoms with Crippen LogP contribution in [0.1, 0.15) is 40.5 Å². The van der Waals surface area contributed by atoms with E-state index in [1.54, 1.807) is 0 Å². The van der Waals surface area contributed by atoms with Crippen molar-refractivity contribution in [1.82, 2.24) is 5.32 Å². The fourth-order valence-corrected chi connectivity index (χ4v) is 1.66. The normalized spacial score (nSPS) is 22.1. The Morgan fingerprint density at radius 2 is 1.86 bits per heavy atom. The zero-order valence-electron chi connectivity index (χ0n) is 10.1. The Kier molecular flexibility index (Phi) is 4.39. The van der Waals surface area contributed by atoms with E-state index in [2.05, 4.69) is 33.0 Å². The highest BCUT2D eigenvalue weighted by molar-refractivity contribution is 4.83. The Labute approximate surface area is 88.4 Å². The van der Waals surface area contributed by atoms with Gasteiger partial charge in [0, 0.05) is 18.0 Å². The van der Waals surface area contributed by atoms with Crippen molar-refractivity contribution >= 4 is 0 Å². The lowest BCUT2D eigenvalue weighted by atomic mass is 9.88. The second kappa shape index (κ2) is 5.13. The van der Waals surface area contributed by atoms with Gasteiger partial charge >= 0.3 is 0 Å². The summed E-state index contributed by atoms with van der Waals surface area (Å²) in [5, 5.41) is 3.60. The average molecular weight is 199 g/mol. The minimum atomic E-state index is 0.409. The van der Waals surface area contributed by atoms with Gasteiger partial charge in [-0.2, -0.15) is 0 Å². The molecular weight excluding hydrogens is 174 g/mol. The molecule has 14 heavy (non-hydrogen) atoms. The Bertz CT molecular complexity index is 164. The molecule has 0 radical (unpaired) electrons. The molecule has 2 heteroatoms. The summed E-state index contributed by atoms with van der Waals surface area (Å²) in [6, 6.07) is 0.648. The summed E-state index contributed by atoms with van der Waals surface area (Å²) >= 11 is 0. The number of ether oxygens (including phenoxy) is 1. The molecule has 2 nitrogen and oxygen atoms in total. The maximum atomic E-state index is 5.23. The molecule has 1 fully saturated rings. The molecule has 0 aromatic heterocycles. The molecule has 0 aromatic rings. The molecular formula is C12H25NO. The lowest BCUT2D eigenvalue weighted by Gasteiger charge is -2.39. The Morgan fingerprint density at radius 1 is 1.21 bits per heavy atom. The van der Waals surface area contributed by atoms with Crippen LogP contribution in [0.15, 0.2) is 0 Å². The van der Waals surface area contributed by atoms with Crippen LogP contribution in [-0.2, 0) is 4.74 Å². The zero-order valence-corrected chi connectivity index (χ0v) is 10.1. The highest BCUT2D eigenvalue weighted by Gasteiger charge is 2.33. The molecule has 0 spiro atoms. The molecule has 1 N–H and O–H groups in total. The fraction of sp³-hybridized carbons (Fsp3) is 1.00. The van der Waals surface area contributed by atoms with Crippen LogP contribution in [0.2, 0.25) is 0 Å². The molecule has 1 aliphatic heterocycles. The predicted octanol–water partition coefficient (Wildman–Crippen LogP) is 2.44. The van der Waals surface area contributed by atoms with E-state index in [4.69, 9.17) is 4.74 Å². The molecule has 0 aromatic carbocycles. The molecule has 1 atom stereocenters. The van der Waals surface area contributed by atoms with E-state index in [9.17, 15) is 0 Å². The Balaban J connectivity index is 2.05. The second-order valence-electron chi connectivity index (χ2n) is 5.56. The third-order valence-corrected chi connectivity index (χ3v) is 2.96. The maximum Gasteiger partial charge on any atom is 0.0554 e. The van der Waals surface area contributed by atoms with Crippen LogP contribution in [0, 0.1) is 11.3 Å². The predicted molar refractivity (Wildman–Crippen MR) is 60.5 cm³/mol. The van der Waals surface area contributed by atoms with Gasteiger partial charge in [0.25, 0.3) is 0 Å². The van der Waals surface area contributed by atoms with Crippen molar-refractivity contribution in [3.8, 4) is 0 Å². The summed E-state index contributed by atoms with van der Waals surface area (Å²) < 4.78 is 5.23. The quantitative estimate of drug-likeness (QED) is 0.709. The lowest BCUT2D eigenvalue weighted by Crippen LogP contribution is -2.49. The van der Waals surface area contributed by atoms with Crippen LogP contribution in [0.4, 0.5) is 0 Å². The fourth-order valence-electron chi connectivity index (χ4n) is 1.66. The van der Waals surface area contributed by atoms with E-state index in [0.717, 1.165) is 25.7 Å². The van der Waals surface area contributed by atoms with Crippen molar-refractivity contribution in [2.75, 3.05) is 19.8 Å². The first kappa shape index (κ1) is 12.0. The topological polar surface area (TPSA) is 21.3 Å². The molecule has 0 bridgehead atoms. The van der Waals surface area contributed by atoms with Gasteiger partial charge in [-0.3, -0.25) is 0 Å². The first-order valence-corrected chi connectivity index (χ1v) is 5.83. The number of nitrogens with one attached hydrogen (secondary N) is 1. The first-order chi connectivity index (χ1) is 6.52. The van der Waals surface area contributed by atoms with Crippen LogP contribution in [0.3, 0.4) is 0 Å². The molecule has 1 saturated heterocycles. The molecule has 84 valence electrons. The van der Waals surface area contributed by atoms with Crippen molar-refractivity contribution in [3.63, 3.8) is 0 Å². The molecule has 0 aliphatic carbocycles. The minimum Gasteiger partial charge on any atom is -0.380 e. The van der Waals surface area contributed by atoms with Crippen LogP contribution < -0.4 is 5.32 Å². The Hall–Kier alpha value is -0.0800. The lowest BCUT2D eigenvalue weighted by molar-refractivity contribution is -0.0999. The van der Waals surface area contributed by atoms with Crippen molar-refractivity contribution < 1.29 is 4.74 Å². The molecule has 0 amide bonds. The standard InChI is InChI=1S/C12H25NO/c1-10(2)5-6-11(3)13-7-12(4)8-14-9-12/h10-11,13H,5-9H2,1-4H3. The van der Waals surface area contributed by atoms with Gasteiger partial charge in [0.2, 0.25) is 0 Å². The van der Waals surface area contributed by atoms with E-state index in [-0.39, 0.29) is 0 Å². The van der Waals surface area contributed by atoms with Crippen LogP contribution in [0.25, 0.3) is 0 Å². The highest BCUT2D eigenvalue weighted by atomic mass is 16.5. The molecule has 1 aliphatic rings. The molecule has 1 unspecified atom stereocenters. The van der Waals surface area contributed by atoms with Gasteiger partial charge in [-0.05, 0) is 25.7 Å². The number of rotatable bonds is 6. The first-order valence-electron chi connectivity index (χ1n) is 5.83. The van der Waals surface area contributed by atoms with Gasteiger partial charge in [0.15, 0.2) is 0 Å². The van der Waals surface area contributed by atoms with Crippen LogP contribution in [0.5, 0.6) is 0 Å². The summed E-state index contributed by atoms with van der Waals surface area (Å²) in [4.78, 5) is 0. The average Bonchev–Trinajstić information content (AvgIpc) is 2.08. The largest absolute Gasteiger partial charge is 0.380 e. The third kappa shape index (κ3) is 3.97. The van der Waals surface area contributed by atoms with Crippen LogP contribution >= 0.6 is 0 Å². The van der Waals surface area contributed by atoms with Gasteiger partial charge in [0.05, 0.1) is 13.2 Å². The third-order valence-electron chi connectivity index (χ3n) is 2.96. The van der Waals surface area contributed by atoms with Crippen molar-refractivity contribution in [1.29, 1.82) is 0 Å². The Morgan fingerprint density at radius 3 is 2.29 bits per heavy atom. The van der Waals surface area contributed by atoms with Crippen LogP contribution in [-0.4, -0.2) is 25.8 Å². The van der Waals surface area contributed by atoms with E-state index in [1.807, 2.05) is 0 Å². The van der Waals surface area contributed by atoms with Gasteiger partial charge < -0.3 is 10.1 Å². The molecule has 0 saturated carbocycles. The van der Waals surface area contributed by atoms with Gasteiger partial charge in [-0.15, -0.1) is 0 Å². The van der Waals surface area contributed by atoms with E-state index < -0.39 is 0 Å². The molecule has 1 heterocycles. The number of hydrogen-bond acceptors (Lipinski definition) is 2. The van der Waals surface area contributed by atoms with E-state index >= 15 is 0 Å². The monoisotopic (exact) mass is 199 g/mol. The SMILES string of the molecule is CC(C)CCC(C)NCC1(C)COC1. The summed E-state index contributed by atoms with van der Waals surface area (Å²) in [6.07, 6.45) is 2.61. The summed E-state index contributed by atoms with van der Waals surface area (Å²) in [5.74, 6) is 0.821. The summed E-state index contributed by atoms with van der Waals surface area (Å²) in [7, 11) is 0. The van der Waals surface area contributed by atoms with E-state index in [0.29, 0.717) is 11.5 Å². The molecule has 1 rings (SSSR count). The van der Waals surface area contributed by atoms with Gasteiger partial charge in [0.1, 0.15) is 0 Å². The van der Waals surface area contributed by atoms with Crippen molar-refractivity contribution in [2.45, 2.75) is 46.6 Å². The summed E-state index contributed by atoms with van der Waals surface area (Å²) in [6.45, 7) is 12.1. The highest BCUT2D eigenvalue weighted by Crippen LogP contribution is 2.25. The van der Waals surface area contributed by atoms with Crippen molar-refractivity contribution in [3.05, 3.63) is 0 Å². The minimum absolute atomic E-state index is 0.409. The second-order valence-corrected chi connectivity index (χ2v) is 5.56. The maximum absolute atomic E-state index is 5.23.